The molecule has 0 aliphatic heterocycles. The highest BCUT2D eigenvalue weighted by Gasteiger charge is 2.26. The van der Waals surface area contributed by atoms with Crippen LogP contribution in [0.4, 0.5) is 0 Å². The van der Waals surface area contributed by atoms with Gasteiger partial charge in [0.2, 0.25) is 0 Å². The van der Waals surface area contributed by atoms with E-state index in [1.54, 1.807) is 0 Å². The molecule has 0 amide bonds. The maximum Gasteiger partial charge on any atom is 0.0494 e. The average Bonchev–Trinajstić information content (AvgIpc) is 3.17. The number of rotatable bonds is 25. The number of hydrogen-bond donors (Lipinski definition) is 0. The third-order valence-corrected chi connectivity index (χ3v) is 14.5. The standard InChI is InChI=1S/C25H48O.C24H46O/c1-3-5-7-9-22-10-12-23(13-11-22)14-15-24-16-18-25(19-17-24)21-26-20-8-6-4-2;1-3-5-7-8-21-9-11-22(12-10-21)13-14-23-15-17-24(18-16-23)20-25-19-6-4-2/h22-25H,3-21H2,1-2H3;21-24H,3-20H2,1-2H3. The second-order valence-corrected chi connectivity index (χ2v) is 18.9. The van der Waals surface area contributed by atoms with Crippen LogP contribution < -0.4 is 0 Å². The molecule has 4 aliphatic rings. The second-order valence-electron chi connectivity index (χ2n) is 18.9. The van der Waals surface area contributed by atoms with Gasteiger partial charge in [0.1, 0.15) is 0 Å². The van der Waals surface area contributed by atoms with Crippen LogP contribution in [0.1, 0.15) is 240 Å². The fraction of sp³-hybridized carbons (Fsp3) is 1.00. The van der Waals surface area contributed by atoms with Crippen LogP contribution >= 0.6 is 0 Å². The van der Waals surface area contributed by atoms with Crippen LogP contribution in [0.15, 0.2) is 0 Å². The molecule has 0 bridgehead atoms. The normalized spacial score (nSPS) is 30.1. The predicted octanol–water partition coefficient (Wildman–Crippen LogP) is 15.9. The highest BCUT2D eigenvalue weighted by Crippen LogP contribution is 2.39. The van der Waals surface area contributed by atoms with Gasteiger partial charge in [0.15, 0.2) is 0 Å². The monoisotopic (exact) mass is 715 g/mol. The van der Waals surface area contributed by atoms with Crippen LogP contribution in [0.25, 0.3) is 0 Å². The summed E-state index contributed by atoms with van der Waals surface area (Å²) in [7, 11) is 0. The fourth-order valence-electron chi connectivity index (χ4n) is 10.5. The van der Waals surface area contributed by atoms with Gasteiger partial charge in [0, 0.05) is 26.4 Å². The molecule has 0 unspecified atom stereocenters. The summed E-state index contributed by atoms with van der Waals surface area (Å²) >= 11 is 0. The lowest BCUT2D eigenvalue weighted by atomic mass is 9.75. The summed E-state index contributed by atoms with van der Waals surface area (Å²) in [4.78, 5) is 0. The number of hydrogen-bond acceptors (Lipinski definition) is 2. The van der Waals surface area contributed by atoms with Crippen molar-refractivity contribution >= 4 is 0 Å². The minimum Gasteiger partial charge on any atom is -0.381 e. The van der Waals surface area contributed by atoms with Crippen molar-refractivity contribution in [3.63, 3.8) is 0 Å². The molecule has 2 nitrogen and oxygen atoms in total. The van der Waals surface area contributed by atoms with E-state index in [0.717, 1.165) is 73.8 Å². The molecule has 4 aliphatic carbocycles. The Kier molecular flexibility index (Phi) is 26.8. The Balaban J connectivity index is 0.000000276. The van der Waals surface area contributed by atoms with Crippen molar-refractivity contribution in [2.24, 2.45) is 47.3 Å². The molecule has 302 valence electrons. The summed E-state index contributed by atoms with van der Waals surface area (Å²) in [6.07, 6.45) is 48.1. The van der Waals surface area contributed by atoms with E-state index in [0.29, 0.717) is 0 Å². The lowest BCUT2D eigenvalue weighted by Gasteiger charge is -2.32. The second kappa shape index (κ2) is 30.2. The molecule has 0 N–H and O–H groups in total. The number of ether oxygens (including phenoxy) is 2. The molecule has 51 heavy (non-hydrogen) atoms. The lowest BCUT2D eigenvalue weighted by Crippen LogP contribution is -2.20. The largest absolute Gasteiger partial charge is 0.381 e. The lowest BCUT2D eigenvalue weighted by molar-refractivity contribution is 0.0736. The van der Waals surface area contributed by atoms with Crippen molar-refractivity contribution in [3.8, 4) is 0 Å². The molecule has 2 heteroatoms. The van der Waals surface area contributed by atoms with E-state index in [1.807, 2.05) is 0 Å². The molecule has 0 aromatic carbocycles. The predicted molar refractivity (Wildman–Crippen MR) is 225 cm³/mol. The Morgan fingerprint density at radius 1 is 0.275 bits per heavy atom. The van der Waals surface area contributed by atoms with E-state index in [2.05, 4.69) is 27.7 Å². The van der Waals surface area contributed by atoms with E-state index in [4.69, 9.17) is 9.47 Å². The van der Waals surface area contributed by atoms with Gasteiger partial charge in [-0.05, 0) is 85.9 Å². The highest BCUT2D eigenvalue weighted by molar-refractivity contribution is 4.78. The van der Waals surface area contributed by atoms with Crippen LogP contribution in [-0.2, 0) is 9.47 Å². The summed E-state index contributed by atoms with van der Waals surface area (Å²) in [5.74, 6) is 8.09. The Hall–Kier alpha value is -0.0800. The highest BCUT2D eigenvalue weighted by atomic mass is 16.5. The van der Waals surface area contributed by atoms with Crippen LogP contribution in [0, 0.1) is 47.3 Å². The molecular weight excluding hydrogens is 621 g/mol. The molecular formula is C49H94O2. The third-order valence-electron chi connectivity index (χ3n) is 14.5. The van der Waals surface area contributed by atoms with E-state index < -0.39 is 0 Å². The molecule has 0 radical (unpaired) electrons. The summed E-state index contributed by atoms with van der Waals surface area (Å²) in [5.41, 5.74) is 0. The summed E-state index contributed by atoms with van der Waals surface area (Å²) < 4.78 is 11.8. The van der Waals surface area contributed by atoms with Crippen molar-refractivity contribution in [2.75, 3.05) is 26.4 Å². The van der Waals surface area contributed by atoms with Crippen LogP contribution in [0.2, 0.25) is 0 Å². The van der Waals surface area contributed by atoms with E-state index in [1.165, 1.54) is 212 Å². The first-order valence-electron chi connectivity index (χ1n) is 24.3. The zero-order chi connectivity index (χ0) is 36.2. The molecule has 0 aromatic rings. The van der Waals surface area contributed by atoms with Gasteiger partial charge in [0.25, 0.3) is 0 Å². The molecule has 4 fully saturated rings. The Labute approximate surface area is 321 Å². The number of unbranched alkanes of at least 4 members (excludes halogenated alkanes) is 7. The third kappa shape index (κ3) is 21.6. The molecule has 0 aromatic heterocycles. The van der Waals surface area contributed by atoms with Gasteiger partial charge >= 0.3 is 0 Å². The quantitative estimate of drug-likeness (QED) is 0.0877. The Morgan fingerprint density at radius 2 is 0.529 bits per heavy atom. The molecule has 4 saturated carbocycles. The van der Waals surface area contributed by atoms with Gasteiger partial charge < -0.3 is 9.47 Å². The van der Waals surface area contributed by atoms with Crippen molar-refractivity contribution in [1.82, 2.24) is 0 Å². The van der Waals surface area contributed by atoms with Crippen LogP contribution in [0.5, 0.6) is 0 Å². The van der Waals surface area contributed by atoms with E-state index in [9.17, 15) is 0 Å². The maximum absolute atomic E-state index is 5.91. The first kappa shape index (κ1) is 45.3. The van der Waals surface area contributed by atoms with Gasteiger partial charge in [-0.2, -0.15) is 0 Å². The molecule has 0 atom stereocenters. The average molecular weight is 715 g/mol. The first-order chi connectivity index (χ1) is 25.1. The van der Waals surface area contributed by atoms with Crippen molar-refractivity contribution < 1.29 is 9.47 Å². The zero-order valence-electron chi connectivity index (χ0n) is 35.6. The van der Waals surface area contributed by atoms with Crippen LogP contribution in [-0.4, -0.2) is 26.4 Å². The van der Waals surface area contributed by atoms with Gasteiger partial charge in [-0.25, -0.2) is 0 Å². The SMILES string of the molecule is CCCCCC1CCC(CCC2CCC(COCCCC)CC2)CC1.CCCCCOCC1CCC(CCC2CCC(CCCCC)CC2)CC1. The van der Waals surface area contributed by atoms with Gasteiger partial charge in [0.05, 0.1) is 0 Å². The summed E-state index contributed by atoms with van der Waals surface area (Å²) in [5, 5.41) is 0. The molecule has 0 spiro atoms. The van der Waals surface area contributed by atoms with Gasteiger partial charge in [-0.3, -0.25) is 0 Å². The van der Waals surface area contributed by atoms with Crippen molar-refractivity contribution in [3.05, 3.63) is 0 Å². The molecule has 0 saturated heterocycles. The van der Waals surface area contributed by atoms with Crippen molar-refractivity contribution in [2.45, 2.75) is 240 Å². The Morgan fingerprint density at radius 3 is 0.843 bits per heavy atom. The zero-order valence-corrected chi connectivity index (χ0v) is 35.6. The summed E-state index contributed by atoms with van der Waals surface area (Å²) in [6, 6.07) is 0. The van der Waals surface area contributed by atoms with Crippen molar-refractivity contribution in [1.29, 1.82) is 0 Å². The smallest absolute Gasteiger partial charge is 0.0494 e. The topological polar surface area (TPSA) is 18.5 Å². The van der Waals surface area contributed by atoms with Gasteiger partial charge in [-0.15, -0.1) is 0 Å². The van der Waals surface area contributed by atoms with E-state index >= 15 is 0 Å². The van der Waals surface area contributed by atoms with Crippen LogP contribution in [0.3, 0.4) is 0 Å². The minimum absolute atomic E-state index is 0.867. The minimum atomic E-state index is 0.867. The summed E-state index contributed by atoms with van der Waals surface area (Å²) in [6.45, 7) is 13.2. The molecule has 4 rings (SSSR count). The fourth-order valence-corrected chi connectivity index (χ4v) is 10.5. The van der Waals surface area contributed by atoms with E-state index in [-0.39, 0.29) is 0 Å². The molecule has 0 heterocycles. The first-order valence-corrected chi connectivity index (χ1v) is 24.3. The Bertz CT molecular complexity index is 733. The van der Waals surface area contributed by atoms with Gasteiger partial charge in [-0.1, -0.05) is 201 Å². The maximum atomic E-state index is 5.91.